The molecule has 0 aliphatic carbocycles. The molecular formula is C32H33F2N3O8S. The van der Waals surface area contributed by atoms with E-state index in [1.165, 1.54) is 53.5 Å². The van der Waals surface area contributed by atoms with Gasteiger partial charge in [-0.25, -0.2) is 8.78 Å². The summed E-state index contributed by atoms with van der Waals surface area (Å²) in [6.07, 6.45) is 0.480. The molecule has 1 amide bonds. The van der Waals surface area contributed by atoms with Crippen molar-refractivity contribution >= 4 is 23.6 Å². The molecule has 1 aromatic heterocycles. The first-order chi connectivity index (χ1) is 22.0. The molecule has 3 aliphatic rings. The topological polar surface area (TPSA) is 120 Å². The second-order valence-corrected chi connectivity index (χ2v) is 12.6. The number of benzene rings is 2. The number of hydrogen-bond acceptors (Lipinski definition) is 10. The van der Waals surface area contributed by atoms with Gasteiger partial charge in [-0.3, -0.25) is 24.1 Å². The molecule has 0 bridgehead atoms. The number of carbonyl (C=O) groups is 2. The Balaban J connectivity index is 1.48. The zero-order valence-electron chi connectivity index (χ0n) is 25.4. The SMILES string of the molecule is CCOC(=O)CC(C)(C)OC(O)Oc1c2n(ccc1=O)N([C@@H]1c3ccccc3SCc3c1ccc(F)c3F)[C@@H]1COCCN1C2=O. The fraction of sp³-hybridized carbons (Fsp3) is 0.406. The molecule has 14 heteroatoms. The van der Waals surface area contributed by atoms with Crippen LogP contribution in [0.3, 0.4) is 0 Å². The summed E-state index contributed by atoms with van der Waals surface area (Å²) < 4.78 is 53.4. The lowest BCUT2D eigenvalue weighted by molar-refractivity contribution is -0.265. The van der Waals surface area contributed by atoms with Crippen molar-refractivity contribution in [3.63, 3.8) is 0 Å². The Morgan fingerprint density at radius 2 is 1.93 bits per heavy atom. The van der Waals surface area contributed by atoms with Gasteiger partial charge in [0, 0.05) is 35.0 Å². The van der Waals surface area contributed by atoms with Gasteiger partial charge in [0.1, 0.15) is 6.17 Å². The Kier molecular flexibility index (Phi) is 8.81. The Labute approximate surface area is 267 Å². The third-order valence-electron chi connectivity index (χ3n) is 8.05. The van der Waals surface area contributed by atoms with Gasteiger partial charge >= 0.3 is 12.4 Å². The number of fused-ring (bicyclic) bond motifs is 4. The first-order valence-corrected chi connectivity index (χ1v) is 15.8. The molecule has 1 fully saturated rings. The average Bonchev–Trinajstić information content (AvgIpc) is 3.17. The van der Waals surface area contributed by atoms with Crippen LogP contribution in [0.2, 0.25) is 0 Å². The van der Waals surface area contributed by atoms with E-state index in [1.54, 1.807) is 11.9 Å². The smallest absolute Gasteiger partial charge is 0.314 e. The quantitative estimate of drug-likeness (QED) is 0.284. The van der Waals surface area contributed by atoms with Crippen molar-refractivity contribution in [2.75, 3.05) is 31.4 Å². The summed E-state index contributed by atoms with van der Waals surface area (Å²) in [4.78, 5) is 41.8. The summed E-state index contributed by atoms with van der Waals surface area (Å²) in [7, 11) is 0. The minimum Gasteiger partial charge on any atom is -0.466 e. The van der Waals surface area contributed by atoms with Gasteiger partial charge in [0.05, 0.1) is 37.9 Å². The lowest BCUT2D eigenvalue weighted by atomic mass is 9.93. The maximum absolute atomic E-state index is 15.4. The third kappa shape index (κ3) is 5.85. The third-order valence-corrected chi connectivity index (χ3v) is 9.16. The van der Waals surface area contributed by atoms with Crippen molar-refractivity contribution in [3.05, 3.63) is 92.9 Å². The van der Waals surface area contributed by atoms with E-state index in [0.717, 1.165) is 16.5 Å². The predicted molar refractivity (Wildman–Crippen MR) is 162 cm³/mol. The van der Waals surface area contributed by atoms with Gasteiger partial charge in [0.25, 0.3) is 5.91 Å². The maximum atomic E-state index is 15.4. The molecule has 46 heavy (non-hydrogen) atoms. The van der Waals surface area contributed by atoms with Crippen LogP contribution in [0.25, 0.3) is 0 Å². The fourth-order valence-corrected chi connectivity index (χ4v) is 7.20. The zero-order chi connectivity index (χ0) is 32.7. The molecule has 3 atom stereocenters. The van der Waals surface area contributed by atoms with E-state index in [4.69, 9.17) is 18.9 Å². The highest BCUT2D eigenvalue weighted by molar-refractivity contribution is 7.98. The van der Waals surface area contributed by atoms with E-state index in [9.17, 15) is 23.9 Å². The van der Waals surface area contributed by atoms with E-state index in [1.807, 2.05) is 24.3 Å². The van der Waals surface area contributed by atoms with Gasteiger partial charge in [-0.05, 0) is 44.0 Å². The van der Waals surface area contributed by atoms with Gasteiger partial charge in [-0.1, -0.05) is 24.3 Å². The second kappa shape index (κ2) is 12.7. The second-order valence-electron chi connectivity index (χ2n) is 11.6. The lowest BCUT2D eigenvalue weighted by Crippen LogP contribution is -2.66. The van der Waals surface area contributed by atoms with E-state index in [0.29, 0.717) is 5.56 Å². The van der Waals surface area contributed by atoms with Crippen molar-refractivity contribution in [2.24, 2.45) is 0 Å². The van der Waals surface area contributed by atoms with Gasteiger partial charge in [0.2, 0.25) is 11.2 Å². The number of esters is 1. The van der Waals surface area contributed by atoms with Crippen LogP contribution < -0.4 is 15.2 Å². The first-order valence-electron chi connectivity index (χ1n) is 14.8. The van der Waals surface area contributed by atoms with E-state index >= 15 is 4.39 Å². The normalized spacial score (nSPS) is 19.7. The number of aliphatic hydroxyl groups excluding tert-OH is 1. The Morgan fingerprint density at radius 1 is 1.15 bits per heavy atom. The molecule has 1 N–H and O–H groups in total. The standard InChI is InChI=1S/C32H33F2N3O8S/c1-4-43-25(39)15-32(2,3)45-31(41)44-29-22(38)11-12-36-28(29)30(40)35-13-14-42-16-24(35)37(36)27-18-9-10-21(33)26(34)20(18)17-46-23-8-6-5-7-19(23)27/h5-12,24,27,31,41H,4,13-17H2,1-3H3/t24-,27+,31?/m1/s1. The molecule has 3 aliphatic heterocycles. The summed E-state index contributed by atoms with van der Waals surface area (Å²) >= 11 is 1.37. The van der Waals surface area contributed by atoms with E-state index < -0.39 is 59.0 Å². The van der Waals surface area contributed by atoms with Crippen LogP contribution in [-0.4, -0.2) is 71.2 Å². The van der Waals surface area contributed by atoms with Gasteiger partial charge in [-0.2, -0.15) is 0 Å². The number of rotatable bonds is 8. The van der Waals surface area contributed by atoms with Gasteiger partial charge in [0.15, 0.2) is 17.3 Å². The van der Waals surface area contributed by atoms with Gasteiger partial charge < -0.3 is 29.0 Å². The van der Waals surface area contributed by atoms with Crippen LogP contribution >= 0.6 is 11.8 Å². The van der Waals surface area contributed by atoms with Crippen LogP contribution in [0.5, 0.6) is 5.75 Å². The number of amides is 1. The lowest BCUT2D eigenvalue weighted by Gasteiger charge is -2.51. The Hall–Kier alpha value is -3.98. The van der Waals surface area contributed by atoms with Crippen LogP contribution in [-0.2, 0) is 24.8 Å². The van der Waals surface area contributed by atoms with Crippen LogP contribution in [0.4, 0.5) is 8.78 Å². The van der Waals surface area contributed by atoms with Crippen molar-refractivity contribution in [1.29, 1.82) is 0 Å². The largest absolute Gasteiger partial charge is 0.466 e. The number of aliphatic hydroxyl groups is 1. The fourth-order valence-electron chi connectivity index (χ4n) is 6.08. The zero-order valence-corrected chi connectivity index (χ0v) is 26.2. The minimum atomic E-state index is -2.04. The summed E-state index contributed by atoms with van der Waals surface area (Å²) in [6, 6.07) is 10.5. The number of hydrogen-bond donors (Lipinski definition) is 1. The summed E-state index contributed by atoms with van der Waals surface area (Å²) in [6.45, 7) is 3.35. The van der Waals surface area contributed by atoms with Crippen LogP contribution in [0, 0.1) is 11.6 Å². The number of carbonyl (C=O) groups excluding carboxylic acids is 2. The number of aromatic nitrogens is 1. The Morgan fingerprint density at radius 3 is 2.72 bits per heavy atom. The molecule has 4 heterocycles. The minimum absolute atomic E-state index is 0.0894. The predicted octanol–water partition coefficient (Wildman–Crippen LogP) is 3.68. The van der Waals surface area contributed by atoms with E-state index in [-0.39, 0.29) is 49.8 Å². The number of pyridine rings is 1. The summed E-state index contributed by atoms with van der Waals surface area (Å²) in [5.41, 5.74) is -0.733. The molecule has 0 radical (unpaired) electrons. The number of thioether (sulfide) groups is 1. The number of halogens is 2. The number of morpholine rings is 1. The molecule has 1 unspecified atom stereocenters. The molecule has 0 spiro atoms. The molecule has 244 valence electrons. The van der Waals surface area contributed by atoms with Crippen molar-refractivity contribution in [3.8, 4) is 5.75 Å². The van der Waals surface area contributed by atoms with Crippen LogP contribution in [0.1, 0.15) is 60.4 Å². The Bertz CT molecular complexity index is 1730. The molecular weight excluding hydrogens is 624 g/mol. The monoisotopic (exact) mass is 657 g/mol. The van der Waals surface area contributed by atoms with Gasteiger partial charge in [-0.15, -0.1) is 11.8 Å². The highest BCUT2D eigenvalue weighted by atomic mass is 32.2. The van der Waals surface area contributed by atoms with Crippen molar-refractivity contribution in [2.45, 2.75) is 62.1 Å². The highest BCUT2D eigenvalue weighted by Gasteiger charge is 2.46. The molecule has 11 nitrogen and oxygen atoms in total. The van der Waals surface area contributed by atoms with Crippen LogP contribution in [0.15, 0.2) is 58.4 Å². The number of nitrogens with zero attached hydrogens (tertiary/aromatic N) is 3. The van der Waals surface area contributed by atoms with E-state index in [2.05, 4.69) is 0 Å². The average molecular weight is 658 g/mol. The number of ether oxygens (including phenoxy) is 4. The van der Waals surface area contributed by atoms with Crippen molar-refractivity contribution in [1.82, 2.24) is 9.58 Å². The summed E-state index contributed by atoms with van der Waals surface area (Å²) in [5, 5.41) is 12.6. The first kappa shape index (κ1) is 32.0. The summed E-state index contributed by atoms with van der Waals surface area (Å²) in [5.74, 6) is -3.36. The highest BCUT2D eigenvalue weighted by Crippen LogP contribution is 2.45. The maximum Gasteiger partial charge on any atom is 0.314 e. The molecule has 0 saturated carbocycles. The molecule has 1 saturated heterocycles. The van der Waals surface area contributed by atoms with Crippen molar-refractivity contribution < 1.29 is 42.4 Å². The molecule has 2 aromatic carbocycles. The molecule has 3 aromatic rings. The molecule has 6 rings (SSSR count).